The lowest BCUT2D eigenvalue weighted by Gasteiger charge is -2.30. The highest BCUT2D eigenvalue weighted by Crippen LogP contribution is 2.39. The van der Waals surface area contributed by atoms with Crippen molar-refractivity contribution < 1.29 is 18.8 Å². The molecular formula is C26H29ClN4O4S. The lowest BCUT2D eigenvalue weighted by atomic mass is 9.94. The predicted octanol–water partition coefficient (Wildman–Crippen LogP) is 5.36. The molecule has 1 N–H and O–H groups in total. The van der Waals surface area contributed by atoms with E-state index in [-0.39, 0.29) is 17.8 Å². The molecule has 1 fully saturated rings. The summed E-state index contributed by atoms with van der Waals surface area (Å²) in [7, 11) is 0. The number of hydrogen-bond donors (Lipinski definition) is 1. The third-order valence-corrected chi connectivity index (χ3v) is 8.20. The van der Waals surface area contributed by atoms with E-state index in [1.54, 1.807) is 19.1 Å². The second-order valence-corrected chi connectivity index (χ2v) is 10.7. The van der Waals surface area contributed by atoms with Gasteiger partial charge in [0, 0.05) is 21.4 Å². The molecule has 0 unspecified atom stereocenters. The summed E-state index contributed by atoms with van der Waals surface area (Å²) in [6.07, 6.45) is 5.44. The van der Waals surface area contributed by atoms with Crippen LogP contribution in [0.2, 0.25) is 5.02 Å². The fourth-order valence-corrected chi connectivity index (χ4v) is 6.37. The van der Waals surface area contributed by atoms with Gasteiger partial charge in [-0.15, -0.1) is 11.3 Å². The largest absolute Gasteiger partial charge is 0.462 e. The molecule has 0 atom stereocenters. The highest BCUT2D eigenvalue weighted by atomic mass is 35.5. The first-order valence-corrected chi connectivity index (χ1v) is 13.6. The number of hydrogen-bond acceptors (Lipinski definition) is 8. The molecule has 3 heterocycles. The Labute approximate surface area is 219 Å². The van der Waals surface area contributed by atoms with E-state index in [0.29, 0.717) is 40.5 Å². The third kappa shape index (κ3) is 5.48. The number of esters is 1. The molecule has 36 heavy (non-hydrogen) atoms. The van der Waals surface area contributed by atoms with Crippen LogP contribution >= 0.6 is 22.9 Å². The van der Waals surface area contributed by atoms with Gasteiger partial charge >= 0.3 is 5.97 Å². The molecule has 3 aromatic rings. The molecule has 1 saturated heterocycles. The number of likely N-dealkylation sites (tertiary alicyclic amines) is 1. The summed E-state index contributed by atoms with van der Waals surface area (Å²) >= 11 is 7.60. The normalized spacial score (nSPS) is 16.5. The zero-order valence-corrected chi connectivity index (χ0v) is 21.8. The van der Waals surface area contributed by atoms with Crippen molar-refractivity contribution in [1.29, 1.82) is 0 Å². The molecule has 5 rings (SSSR count). The minimum Gasteiger partial charge on any atom is -0.462 e. The number of nitrogens with zero attached hydrogens (tertiary/aromatic N) is 3. The molecular weight excluding hydrogens is 500 g/mol. The summed E-state index contributed by atoms with van der Waals surface area (Å²) < 4.78 is 10.8. The maximum Gasteiger partial charge on any atom is 0.341 e. The zero-order chi connectivity index (χ0) is 25.1. The number of halogens is 1. The van der Waals surface area contributed by atoms with Crippen LogP contribution in [-0.4, -0.2) is 46.6 Å². The van der Waals surface area contributed by atoms with Crippen molar-refractivity contribution in [2.24, 2.45) is 5.92 Å². The van der Waals surface area contributed by atoms with E-state index in [0.717, 1.165) is 62.7 Å². The van der Waals surface area contributed by atoms with Crippen molar-refractivity contribution in [3.05, 3.63) is 51.2 Å². The van der Waals surface area contributed by atoms with Crippen molar-refractivity contribution >= 4 is 39.8 Å². The minimum atomic E-state index is -0.335. The molecule has 1 aromatic carbocycles. The van der Waals surface area contributed by atoms with E-state index in [2.05, 4.69) is 20.4 Å². The van der Waals surface area contributed by atoms with E-state index in [1.165, 1.54) is 16.2 Å². The number of aryl methyl sites for hydroxylation is 1. The number of piperidine rings is 1. The number of fused-ring (bicyclic) bond motifs is 1. The van der Waals surface area contributed by atoms with Crippen LogP contribution in [0.3, 0.4) is 0 Å². The Morgan fingerprint density at radius 3 is 2.83 bits per heavy atom. The number of carbonyl (C=O) groups excluding carboxylic acids is 2. The van der Waals surface area contributed by atoms with Crippen molar-refractivity contribution in [3.63, 3.8) is 0 Å². The Kier molecular flexibility index (Phi) is 7.69. The molecule has 0 saturated carbocycles. The van der Waals surface area contributed by atoms with Gasteiger partial charge in [0.2, 0.25) is 17.6 Å². The van der Waals surface area contributed by atoms with Gasteiger partial charge in [0.25, 0.3) is 0 Å². The number of ether oxygens (including phenoxy) is 1. The number of anilines is 1. The van der Waals surface area contributed by atoms with Crippen LogP contribution in [-0.2, 0) is 28.9 Å². The van der Waals surface area contributed by atoms with Gasteiger partial charge in [0.1, 0.15) is 5.00 Å². The third-order valence-electron chi connectivity index (χ3n) is 6.76. The smallest absolute Gasteiger partial charge is 0.341 e. The van der Waals surface area contributed by atoms with Gasteiger partial charge in [0.05, 0.1) is 18.7 Å². The molecule has 0 radical (unpaired) electrons. The molecule has 0 bridgehead atoms. The van der Waals surface area contributed by atoms with Crippen molar-refractivity contribution in [3.8, 4) is 11.4 Å². The Balaban J connectivity index is 1.18. The quantitative estimate of drug-likeness (QED) is 0.412. The summed E-state index contributed by atoms with van der Waals surface area (Å²) in [5.41, 5.74) is 2.44. The van der Waals surface area contributed by atoms with Gasteiger partial charge in [-0.05, 0) is 76.2 Å². The van der Waals surface area contributed by atoms with E-state index in [9.17, 15) is 9.59 Å². The Hall–Kier alpha value is -2.75. The second kappa shape index (κ2) is 11.1. The highest BCUT2D eigenvalue weighted by Gasteiger charge is 2.30. The maximum absolute atomic E-state index is 13.1. The van der Waals surface area contributed by atoms with Crippen LogP contribution < -0.4 is 5.32 Å². The topological polar surface area (TPSA) is 97.6 Å². The molecule has 190 valence electrons. The number of amides is 1. The lowest BCUT2D eigenvalue weighted by molar-refractivity contribution is -0.121. The SMILES string of the molecule is CCOC(=O)c1c(NC(=O)C2CCN(Cc3nc(-c4cccc(Cl)c4)no3)CC2)sc2c1CCCC2. The average molecular weight is 529 g/mol. The standard InChI is InChI=1S/C26H29ClN4O4S/c1-2-34-26(33)22-19-8-3-4-9-20(19)36-25(22)29-24(32)16-10-12-31(13-11-16)15-21-28-23(30-35-21)17-6-5-7-18(27)14-17/h5-7,14,16H,2-4,8-13,15H2,1H3,(H,29,32). The zero-order valence-electron chi connectivity index (χ0n) is 20.2. The van der Waals surface area contributed by atoms with Crippen LogP contribution in [0.1, 0.15) is 59.3 Å². The van der Waals surface area contributed by atoms with Crippen LogP contribution in [0.4, 0.5) is 5.00 Å². The fourth-order valence-electron chi connectivity index (χ4n) is 4.90. The van der Waals surface area contributed by atoms with Gasteiger partial charge in [-0.2, -0.15) is 4.98 Å². The molecule has 2 aliphatic rings. The van der Waals surface area contributed by atoms with E-state index in [1.807, 2.05) is 12.1 Å². The van der Waals surface area contributed by atoms with Gasteiger partial charge in [0.15, 0.2) is 0 Å². The Morgan fingerprint density at radius 1 is 1.25 bits per heavy atom. The molecule has 8 nitrogen and oxygen atoms in total. The Morgan fingerprint density at radius 2 is 2.06 bits per heavy atom. The molecule has 0 spiro atoms. The van der Waals surface area contributed by atoms with E-state index in [4.69, 9.17) is 20.9 Å². The molecule has 1 aliphatic carbocycles. The molecule has 1 aliphatic heterocycles. The van der Waals surface area contributed by atoms with Crippen LogP contribution in [0, 0.1) is 5.92 Å². The molecule has 2 aromatic heterocycles. The van der Waals surface area contributed by atoms with Crippen molar-refractivity contribution in [2.75, 3.05) is 25.0 Å². The lowest BCUT2D eigenvalue weighted by Crippen LogP contribution is -2.37. The molecule has 1 amide bonds. The van der Waals surface area contributed by atoms with E-state index < -0.39 is 0 Å². The monoisotopic (exact) mass is 528 g/mol. The summed E-state index contributed by atoms with van der Waals surface area (Å²) in [6.45, 7) is 4.15. The summed E-state index contributed by atoms with van der Waals surface area (Å²) in [5, 5.41) is 8.42. The summed E-state index contributed by atoms with van der Waals surface area (Å²) in [4.78, 5) is 33.7. The van der Waals surface area contributed by atoms with Crippen LogP contribution in [0.15, 0.2) is 28.8 Å². The highest BCUT2D eigenvalue weighted by molar-refractivity contribution is 7.17. The number of carbonyl (C=O) groups is 2. The average Bonchev–Trinajstić information content (AvgIpc) is 3.49. The summed E-state index contributed by atoms with van der Waals surface area (Å²) in [6, 6.07) is 7.35. The summed E-state index contributed by atoms with van der Waals surface area (Å²) in [5.74, 6) is 0.576. The maximum atomic E-state index is 13.1. The van der Waals surface area contributed by atoms with Gasteiger partial charge < -0.3 is 14.6 Å². The van der Waals surface area contributed by atoms with Crippen molar-refractivity contribution in [1.82, 2.24) is 15.0 Å². The second-order valence-electron chi connectivity index (χ2n) is 9.20. The number of thiophene rings is 1. The fraction of sp³-hybridized carbons (Fsp3) is 0.462. The van der Waals surface area contributed by atoms with Gasteiger partial charge in [-0.25, -0.2) is 4.79 Å². The first-order valence-electron chi connectivity index (χ1n) is 12.4. The van der Waals surface area contributed by atoms with Crippen LogP contribution in [0.5, 0.6) is 0 Å². The van der Waals surface area contributed by atoms with E-state index >= 15 is 0 Å². The number of benzene rings is 1. The number of nitrogens with one attached hydrogen (secondary N) is 1. The minimum absolute atomic E-state index is 0.0279. The number of aromatic nitrogens is 2. The first kappa shape index (κ1) is 24.9. The van der Waals surface area contributed by atoms with Crippen LogP contribution in [0.25, 0.3) is 11.4 Å². The predicted molar refractivity (Wildman–Crippen MR) is 138 cm³/mol. The number of rotatable bonds is 7. The molecule has 10 heteroatoms. The Bertz CT molecular complexity index is 1250. The first-order chi connectivity index (χ1) is 17.5. The van der Waals surface area contributed by atoms with Gasteiger partial charge in [-0.1, -0.05) is 28.9 Å². The van der Waals surface area contributed by atoms with Gasteiger partial charge in [-0.3, -0.25) is 9.69 Å². The van der Waals surface area contributed by atoms with Crippen molar-refractivity contribution in [2.45, 2.75) is 52.0 Å².